The molecule has 1 saturated heterocycles. The number of aromatic nitrogens is 5. The molecule has 26 heavy (non-hydrogen) atoms. The van der Waals surface area contributed by atoms with Gasteiger partial charge in [0.05, 0.1) is 35.3 Å². The SMILES string of the molecule is c1ncc(-c2cc3cnc(Nc4cnn(C5CCOCC5)c4)cc3[nH]2)o1. The molecule has 0 aliphatic carbocycles. The van der Waals surface area contributed by atoms with Crippen LogP contribution in [0.3, 0.4) is 0 Å². The average Bonchev–Trinajstić information content (AvgIpc) is 3.42. The van der Waals surface area contributed by atoms with Crippen LogP contribution in [-0.2, 0) is 4.74 Å². The van der Waals surface area contributed by atoms with Gasteiger partial charge in [0, 0.05) is 37.1 Å². The number of nitrogens with zero attached hydrogens (tertiary/aromatic N) is 4. The summed E-state index contributed by atoms with van der Waals surface area (Å²) in [6.07, 6.45) is 10.8. The smallest absolute Gasteiger partial charge is 0.181 e. The van der Waals surface area contributed by atoms with Gasteiger partial charge in [0.15, 0.2) is 12.2 Å². The lowest BCUT2D eigenvalue weighted by Gasteiger charge is -2.22. The van der Waals surface area contributed by atoms with Crippen molar-refractivity contribution in [2.45, 2.75) is 18.9 Å². The molecule has 132 valence electrons. The Labute approximate surface area is 149 Å². The van der Waals surface area contributed by atoms with Crippen LogP contribution >= 0.6 is 0 Å². The molecule has 0 radical (unpaired) electrons. The Bertz CT molecular complexity index is 1010. The molecule has 4 aromatic heterocycles. The van der Waals surface area contributed by atoms with Crippen LogP contribution in [0.15, 0.2) is 47.7 Å². The maximum absolute atomic E-state index is 5.41. The van der Waals surface area contributed by atoms with Crippen molar-refractivity contribution in [1.29, 1.82) is 0 Å². The molecule has 1 fully saturated rings. The number of fused-ring (bicyclic) bond motifs is 1. The Kier molecular flexibility index (Phi) is 3.67. The summed E-state index contributed by atoms with van der Waals surface area (Å²) in [5.74, 6) is 1.46. The molecule has 8 nitrogen and oxygen atoms in total. The van der Waals surface area contributed by atoms with Crippen LogP contribution in [0.1, 0.15) is 18.9 Å². The fourth-order valence-corrected chi connectivity index (χ4v) is 3.28. The molecule has 8 heteroatoms. The van der Waals surface area contributed by atoms with Crippen molar-refractivity contribution in [2.24, 2.45) is 0 Å². The zero-order valence-electron chi connectivity index (χ0n) is 14.1. The predicted octanol–water partition coefficient (Wildman–Crippen LogP) is 3.51. The Hall–Kier alpha value is -3.13. The lowest BCUT2D eigenvalue weighted by Crippen LogP contribution is -2.19. The molecule has 5 rings (SSSR count). The van der Waals surface area contributed by atoms with E-state index in [9.17, 15) is 0 Å². The van der Waals surface area contributed by atoms with Crippen LogP contribution in [0, 0.1) is 0 Å². The number of H-pyrrole nitrogens is 1. The number of aromatic amines is 1. The third kappa shape index (κ3) is 2.84. The number of ether oxygens (including phenoxy) is 1. The van der Waals surface area contributed by atoms with Crippen molar-refractivity contribution >= 4 is 22.4 Å². The monoisotopic (exact) mass is 350 g/mol. The van der Waals surface area contributed by atoms with Gasteiger partial charge in [0.2, 0.25) is 0 Å². The Balaban J connectivity index is 1.37. The highest BCUT2D eigenvalue weighted by Crippen LogP contribution is 2.26. The van der Waals surface area contributed by atoms with Crippen LogP contribution in [0.2, 0.25) is 0 Å². The first kappa shape index (κ1) is 15.2. The van der Waals surface area contributed by atoms with Gasteiger partial charge in [-0.3, -0.25) is 4.68 Å². The molecule has 2 N–H and O–H groups in total. The molecule has 0 atom stereocenters. The van der Waals surface area contributed by atoms with Gasteiger partial charge in [-0.05, 0) is 18.9 Å². The van der Waals surface area contributed by atoms with Gasteiger partial charge in [-0.25, -0.2) is 9.97 Å². The molecule has 4 aromatic rings. The van der Waals surface area contributed by atoms with Crippen LogP contribution in [-0.4, -0.2) is 37.9 Å². The van der Waals surface area contributed by atoms with Crippen molar-refractivity contribution in [3.8, 4) is 11.5 Å². The van der Waals surface area contributed by atoms with Gasteiger partial charge in [-0.15, -0.1) is 0 Å². The summed E-state index contributed by atoms with van der Waals surface area (Å²) >= 11 is 0. The summed E-state index contributed by atoms with van der Waals surface area (Å²) < 4.78 is 12.8. The van der Waals surface area contributed by atoms with Crippen molar-refractivity contribution in [3.63, 3.8) is 0 Å². The van der Waals surface area contributed by atoms with Crippen molar-refractivity contribution in [1.82, 2.24) is 24.7 Å². The van der Waals surface area contributed by atoms with Crippen LogP contribution < -0.4 is 5.32 Å². The van der Waals surface area contributed by atoms with Gasteiger partial charge in [-0.2, -0.15) is 5.10 Å². The molecule has 0 spiro atoms. The van der Waals surface area contributed by atoms with Crippen LogP contribution in [0.4, 0.5) is 11.5 Å². The molecule has 0 bridgehead atoms. The van der Waals surface area contributed by atoms with E-state index < -0.39 is 0 Å². The van der Waals surface area contributed by atoms with Gasteiger partial charge in [-0.1, -0.05) is 0 Å². The summed E-state index contributed by atoms with van der Waals surface area (Å²) in [5, 5.41) is 8.81. The van der Waals surface area contributed by atoms with Crippen molar-refractivity contribution in [2.75, 3.05) is 18.5 Å². The Morgan fingerprint density at radius 2 is 2.08 bits per heavy atom. The zero-order valence-corrected chi connectivity index (χ0v) is 14.1. The average molecular weight is 350 g/mol. The molecule has 0 saturated carbocycles. The molecular weight excluding hydrogens is 332 g/mol. The maximum atomic E-state index is 5.41. The lowest BCUT2D eigenvalue weighted by molar-refractivity contribution is 0.0662. The van der Waals surface area contributed by atoms with E-state index in [4.69, 9.17) is 9.15 Å². The summed E-state index contributed by atoms with van der Waals surface area (Å²) in [7, 11) is 0. The van der Waals surface area contributed by atoms with E-state index in [0.717, 1.165) is 54.2 Å². The minimum absolute atomic E-state index is 0.405. The van der Waals surface area contributed by atoms with E-state index in [1.54, 1.807) is 6.20 Å². The van der Waals surface area contributed by atoms with Gasteiger partial charge >= 0.3 is 0 Å². The summed E-state index contributed by atoms with van der Waals surface area (Å²) in [6.45, 7) is 1.59. The standard InChI is InChI=1S/C18H18N6O2/c1-3-25-4-2-14(1)24-10-13(8-21-24)22-18-6-15-12(7-20-18)5-16(23-15)17-9-19-11-26-17/h5-11,14,23H,1-4H2,(H,20,22). The molecule has 1 aliphatic heterocycles. The fourth-order valence-electron chi connectivity index (χ4n) is 3.28. The maximum Gasteiger partial charge on any atom is 0.181 e. The zero-order chi connectivity index (χ0) is 17.3. The van der Waals surface area contributed by atoms with E-state index in [1.807, 2.05) is 35.4 Å². The number of nitrogens with one attached hydrogen (secondary N) is 2. The van der Waals surface area contributed by atoms with E-state index >= 15 is 0 Å². The summed E-state index contributed by atoms with van der Waals surface area (Å²) in [5.41, 5.74) is 2.78. The van der Waals surface area contributed by atoms with E-state index in [2.05, 4.69) is 25.4 Å². The lowest BCUT2D eigenvalue weighted by atomic mass is 10.1. The topological polar surface area (TPSA) is 93.8 Å². The normalized spacial score (nSPS) is 15.5. The number of hydrogen-bond acceptors (Lipinski definition) is 6. The van der Waals surface area contributed by atoms with Gasteiger partial charge in [0.25, 0.3) is 0 Å². The highest BCUT2D eigenvalue weighted by molar-refractivity contribution is 5.86. The third-order valence-corrected chi connectivity index (χ3v) is 4.64. The van der Waals surface area contributed by atoms with Crippen molar-refractivity contribution in [3.05, 3.63) is 43.3 Å². The van der Waals surface area contributed by atoms with Crippen LogP contribution in [0.5, 0.6) is 0 Å². The number of oxazole rings is 1. The fraction of sp³-hybridized carbons (Fsp3) is 0.278. The van der Waals surface area contributed by atoms with Gasteiger partial charge in [0.1, 0.15) is 5.82 Å². The quantitative estimate of drug-likeness (QED) is 0.585. The first-order chi connectivity index (χ1) is 12.8. The number of anilines is 2. The number of pyridine rings is 1. The second kappa shape index (κ2) is 6.30. The Morgan fingerprint density at radius 1 is 1.15 bits per heavy atom. The summed E-state index contributed by atoms with van der Waals surface area (Å²) in [4.78, 5) is 11.8. The minimum Gasteiger partial charge on any atom is -0.442 e. The molecule has 0 aromatic carbocycles. The summed E-state index contributed by atoms with van der Waals surface area (Å²) in [6, 6.07) is 4.37. The molecule has 0 unspecified atom stereocenters. The molecule has 1 aliphatic rings. The van der Waals surface area contributed by atoms with Crippen LogP contribution in [0.25, 0.3) is 22.4 Å². The predicted molar refractivity (Wildman–Crippen MR) is 96.2 cm³/mol. The first-order valence-corrected chi connectivity index (χ1v) is 8.62. The van der Waals surface area contributed by atoms with Gasteiger partial charge < -0.3 is 19.5 Å². The number of rotatable bonds is 4. The Morgan fingerprint density at radius 3 is 2.92 bits per heavy atom. The molecule has 0 amide bonds. The molecular formula is C18H18N6O2. The molecule has 5 heterocycles. The largest absolute Gasteiger partial charge is 0.442 e. The second-order valence-corrected chi connectivity index (χ2v) is 6.38. The highest BCUT2D eigenvalue weighted by atomic mass is 16.5. The second-order valence-electron chi connectivity index (χ2n) is 6.38. The number of hydrogen-bond donors (Lipinski definition) is 2. The van der Waals surface area contributed by atoms with E-state index in [-0.39, 0.29) is 0 Å². The first-order valence-electron chi connectivity index (χ1n) is 8.62. The minimum atomic E-state index is 0.405. The van der Waals surface area contributed by atoms with Crippen molar-refractivity contribution < 1.29 is 9.15 Å². The van der Waals surface area contributed by atoms with E-state index in [0.29, 0.717) is 11.8 Å². The van der Waals surface area contributed by atoms with E-state index in [1.165, 1.54) is 6.39 Å². The third-order valence-electron chi connectivity index (χ3n) is 4.64. The highest BCUT2D eigenvalue weighted by Gasteiger charge is 2.16.